The fourth-order valence-electron chi connectivity index (χ4n) is 2.28. The Hall–Kier alpha value is -2.04. The number of anilines is 1. The molecule has 1 aliphatic rings. The van der Waals surface area contributed by atoms with Gasteiger partial charge in [-0.15, -0.1) is 0 Å². The van der Waals surface area contributed by atoms with Gasteiger partial charge < -0.3 is 15.5 Å². The molecule has 108 valence electrons. The second-order valence-electron chi connectivity index (χ2n) is 4.96. The molecule has 1 fully saturated rings. The van der Waals surface area contributed by atoms with Crippen molar-refractivity contribution in [2.24, 2.45) is 0 Å². The van der Waals surface area contributed by atoms with Gasteiger partial charge in [0.25, 0.3) is 5.91 Å². The van der Waals surface area contributed by atoms with E-state index in [0.29, 0.717) is 5.56 Å². The van der Waals surface area contributed by atoms with Crippen molar-refractivity contribution >= 4 is 17.5 Å². The van der Waals surface area contributed by atoms with Crippen LogP contribution >= 0.6 is 0 Å². The Kier molecular flexibility index (Phi) is 4.98. The normalized spacial score (nSPS) is 14.8. The van der Waals surface area contributed by atoms with Gasteiger partial charge in [0.2, 0.25) is 5.91 Å². The van der Waals surface area contributed by atoms with Crippen LogP contribution in [0.1, 0.15) is 29.6 Å². The summed E-state index contributed by atoms with van der Waals surface area (Å²) in [5.74, 6) is 0.0287. The van der Waals surface area contributed by atoms with Crippen LogP contribution < -0.4 is 10.6 Å². The van der Waals surface area contributed by atoms with Crippen molar-refractivity contribution in [3.8, 4) is 0 Å². The minimum Gasteiger partial charge on any atom is -0.376 e. The summed E-state index contributed by atoms with van der Waals surface area (Å²) in [6.07, 6.45) is 3.40. The first-order chi connectivity index (χ1) is 9.70. The van der Waals surface area contributed by atoms with Crippen LogP contribution in [-0.2, 0) is 4.79 Å². The third-order valence-electron chi connectivity index (χ3n) is 3.51. The minimum absolute atomic E-state index is 0.0709. The van der Waals surface area contributed by atoms with E-state index in [-0.39, 0.29) is 18.4 Å². The van der Waals surface area contributed by atoms with Gasteiger partial charge in [-0.3, -0.25) is 9.59 Å². The van der Waals surface area contributed by atoms with Crippen molar-refractivity contribution in [3.05, 3.63) is 29.8 Å². The second kappa shape index (κ2) is 6.93. The highest BCUT2D eigenvalue weighted by atomic mass is 16.2. The first-order valence-corrected chi connectivity index (χ1v) is 7.04. The van der Waals surface area contributed by atoms with Crippen LogP contribution in [0.4, 0.5) is 5.69 Å². The van der Waals surface area contributed by atoms with Gasteiger partial charge in [-0.05, 0) is 43.5 Å². The van der Waals surface area contributed by atoms with E-state index in [1.165, 1.54) is 6.42 Å². The largest absolute Gasteiger partial charge is 0.376 e. The number of amides is 2. The molecule has 5 nitrogen and oxygen atoms in total. The molecule has 1 heterocycles. The van der Waals surface area contributed by atoms with Crippen molar-refractivity contribution < 1.29 is 9.59 Å². The lowest BCUT2D eigenvalue weighted by molar-refractivity contribution is -0.118. The molecule has 0 aromatic heterocycles. The third-order valence-corrected chi connectivity index (χ3v) is 3.51. The Morgan fingerprint density at radius 1 is 1.10 bits per heavy atom. The van der Waals surface area contributed by atoms with Crippen molar-refractivity contribution in [1.29, 1.82) is 0 Å². The van der Waals surface area contributed by atoms with E-state index in [1.54, 1.807) is 7.05 Å². The van der Waals surface area contributed by atoms with E-state index in [1.807, 2.05) is 29.2 Å². The highest BCUT2D eigenvalue weighted by Crippen LogP contribution is 2.15. The molecule has 1 aliphatic heterocycles. The number of hydrogen-bond donors (Lipinski definition) is 2. The SMILES string of the molecule is CNC(=O)CNc1ccc(C(=O)N2CCCCC2)cc1. The number of rotatable bonds is 4. The smallest absolute Gasteiger partial charge is 0.253 e. The number of piperidine rings is 1. The fourth-order valence-corrected chi connectivity index (χ4v) is 2.28. The number of carbonyl (C=O) groups is 2. The standard InChI is InChI=1S/C15H21N3O2/c1-16-14(19)11-17-13-7-5-12(6-8-13)15(20)18-9-3-2-4-10-18/h5-8,17H,2-4,9-11H2,1H3,(H,16,19). The van der Waals surface area contributed by atoms with Gasteiger partial charge in [0.05, 0.1) is 6.54 Å². The molecule has 5 heteroatoms. The van der Waals surface area contributed by atoms with Crippen molar-refractivity contribution in [2.75, 3.05) is 32.0 Å². The Morgan fingerprint density at radius 3 is 2.35 bits per heavy atom. The number of nitrogens with one attached hydrogen (secondary N) is 2. The number of hydrogen-bond acceptors (Lipinski definition) is 3. The van der Waals surface area contributed by atoms with Crippen LogP contribution in [-0.4, -0.2) is 43.4 Å². The summed E-state index contributed by atoms with van der Waals surface area (Å²) in [4.78, 5) is 25.3. The van der Waals surface area contributed by atoms with E-state index >= 15 is 0 Å². The highest BCUT2D eigenvalue weighted by Gasteiger charge is 2.17. The van der Waals surface area contributed by atoms with Crippen LogP contribution in [0, 0.1) is 0 Å². The van der Waals surface area contributed by atoms with Crippen LogP contribution in [0.25, 0.3) is 0 Å². The van der Waals surface area contributed by atoms with Gasteiger partial charge in [0.1, 0.15) is 0 Å². The Balaban J connectivity index is 1.93. The molecule has 0 aliphatic carbocycles. The summed E-state index contributed by atoms with van der Waals surface area (Å²) in [5.41, 5.74) is 1.54. The lowest BCUT2D eigenvalue weighted by atomic mass is 10.1. The van der Waals surface area contributed by atoms with Gasteiger partial charge in [-0.1, -0.05) is 0 Å². The zero-order valence-corrected chi connectivity index (χ0v) is 11.8. The van der Waals surface area contributed by atoms with Crippen LogP contribution in [0.3, 0.4) is 0 Å². The molecule has 2 rings (SSSR count). The zero-order chi connectivity index (χ0) is 14.4. The number of carbonyl (C=O) groups excluding carboxylic acids is 2. The Labute approximate surface area is 119 Å². The predicted octanol–water partition coefficient (Wildman–Crippen LogP) is 1.47. The number of nitrogens with zero attached hydrogens (tertiary/aromatic N) is 1. The van der Waals surface area contributed by atoms with E-state index in [9.17, 15) is 9.59 Å². The molecule has 0 atom stereocenters. The van der Waals surface area contributed by atoms with E-state index in [4.69, 9.17) is 0 Å². The molecule has 1 aromatic rings. The van der Waals surface area contributed by atoms with Gasteiger partial charge in [-0.25, -0.2) is 0 Å². The second-order valence-corrected chi connectivity index (χ2v) is 4.96. The molecule has 1 aromatic carbocycles. The summed E-state index contributed by atoms with van der Waals surface area (Å²) in [6, 6.07) is 7.28. The van der Waals surface area contributed by atoms with Gasteiger partial charge >= 0.3 is 0 Å². The average molecular weight is 275 g/mol. The number of benzene rings is 1. The maximum absolute atomic E-state index is 12.3. The summed E-state index contributed by atoms with van der Waals surface area (Å²) < 4.78 is 0. The molecule has 1 saturated heterocycles. The lowest BCUT2D eigenvalue weighted by Gasteiger charge is -2.26. The number of likely N-dealkylation sites (tertiary alicyclic amines) is 1. The first kappa shape index (κ1) is 14.4. The minimum atomic E-state index is -0.0709. The van der Waals surface area contributed by atoms with Gasteiger partial charge in [0, 0.05) is 31.4 Å². The van der Waals surface area contributed by atoms with E-state index in [0.717, 1.165) is 31.6 Å². The zero-order valence-electron chi connectivity index (χ0n) is 11.8. The molecule has 0 spiro atoms. The maximum atomic E-state index is 12.3. The van der Waals surface area contributed by atoms with Crippen LogP contribution in [0.15, 0.2) is 24.3 Å². The molecule has 0 bridgehead atoms. The van der Waals surface area contributed by atoms with Gasteiger partial charge in [-0.2, -0.15) is 0 Å². The molecule has 2 amide bonds. The molecule has 20 heavy (non-hydrogen) atoms. The van der Waals surface area contributed by atoms with Crippen molar-refractivity contribution in [3.63, 3.8) is 0 Å². The van der Waals surface area contributed by atoms with Crippen LogP contribution in [0.2, 0.25) is 0 Å². The molecular formula is C15H21N3O2. The van der Waals surface area contributed by atoms with Crippen molar-refractivity contribution in [1.82, 2.24) is 10.2 Å². The van der Waals surface area contributed by atoms with E-state index in [2.05, 4.69) is 10.6 Å². The molecule has 2 N–H and O–H groups in total. The monoisotopic (exact) mass is 275 g/mol. The quantitative estimate of drug-likeness (QED) is 0.874. The third kappa shape index (κ3) is 3.73. The topological polar surface area (TPSA) is 61.4 Å². The summed E-state index contributed by atoms with van der Waals surface area (Å²) >= 11 is 0. The van der Waals surface area contributed by atoms with Crippen LogP contribution in [0.5, 0.6) is 0 Å². The average Bonchev–Trinajstić information content (AvgIpc) is 2.53. The Bertz CT molecular complexity index is 465. The van der Waals surface area contributed by atoms with Crippen molar-refractivity contribution in [2.45, 2.75) is 19.3 Å². The molecule has 0 unspecified atom stereocenters. The first-order valence-electron chi connectivity index (χ1n) is 7.04. The molecular weight excluding hydrogens is 254 g/mol. The summed E-state index contributed by atoms with van der Waals surface area (Å²) in [7, 11) is 1.60. The van der Waals surface area contributed by atoms with E-state index < -0.39 is 0 Å². The fraction of sp³-hybridized carbons (Fsp3) is 0.467. The Morgan fingerprint density at radius 2 is 1.75 bits per heavy atom. The molecule has 0 saturated carbocycles. The molecule has 0 radical (unpaired) electrons. The van der Waals surface area contributed by atoms with Gasteiger partial charge in [0.15, 0.2) is 0 Å². The lowest BCUT2D eigenvalue weighted by Crippen LogP contribution is -2.35. The highest BCUT2D eigenvalue weighted by molar-refractivity contribution is 5.94. The predicted molar refractivity (Wildman–Crippen MR) is 78.8 cm³/mol. The summed E-state index contributed by atoms with van der Waals surface area (Å²) in [5, 5.41) is 5.55. The number of likely N-dealkylation sites (N-methyl/N-ethyl adjacent to an activating group) is 1. The summed E-state index contributed by atoms with van der Waals surface area (Å²) in [6.45, 7) is 1.95. The maximum Gasteiger partial charge on any atom is 0.253 e.